The predicted molar refractivity (Wildman–Crippen MR) is 120 cm³/mol. The molecule has 29 heavy (non-hydrogen) atoms. The van der Waals surface area contributed by atoms with Gasteiger partial charge in [0.15, 0.2) is 0 Å². The van der Waals surface area contributed by atoms with Gasteiger partial charge in [0, 0.05) is 22.4 Å². The summed E-state index contributed by atoms with van der Waals surface area (Å²) in [7, 11) is 0. The van der Waals surface area contributed by atoms with Gasteiger partial charge in [-0.3, -0.25) is 4.98 Å². The molecule has 0 unspecified atom stereocenters. The Labute approximate surface area is 169 Å². The Morgan fingerprint density at radius 2 is 1.14 bits per heavy atom. The maximum Gasteiger partial charge on any atom is 0.0899 e. The molecular formula is C26H19N3. The highest BCUT2D eigenvalue weighted by molar-refractivity contribution is 5.99. The molecule has 1 heterocycles. The largest absolute Gasteiger partial charge is 0.398 e. The molecule has 1 aromatic heterocycles. The number of nitrogens with zero attached hydrogens (tertiary/aromatic N) is 2. The average molecular weight is 373 g/mol. The lowest BCUT2D eigenvalue weighted by molar-refractivity contribution is 1.29. The minimum atomic E-state index is 0.743. The highest BCUT2D eigenvalue weighted by Crippen LogP contribution is 2.42. The van der Waals surface area contributed by atoms with E-state index in [0.717, 1.165) is 50.2 Å². The van der Waals surface area contributed by atoms with Gasteiger partial charge in [-0.25, -0.2) is 4.98 Å². The number of anilines is 1. The first-order chi connectivity index (χ1) is 14.3. The van der Waals surface area contributed by atoms with Crippen LogP contribution in [0.5, 0.6) is 0 Å². The van der Waals surface area contributed by atoms with Crippen molar-refractivity contribution in [3.8, 4) is 33.5 Å². The van der Waals surface area contributed by atoms with E-state index in [-0.39, 0.29) is 0 Å². The molecule has 0 fully saturated rings. The van der Waals surface area contributed by atoms with E-state index in [1.165, 1.54) is 0 Å². The Morgan fingerprint density at radius 3 is 1.83 bits per heavy atom. The van der Waals surface area contributed by atoms with E-state index in [1.807, 2.05) is 79.0 Å². The lowest BCUT2D eigenvalue weighted by Crippen LogP contribution is -1.98. The van der Waals surface area contributed by atoms with Gasteiger partial charge in [-0.2, -0.15) is 0 Å². The molecule has 0 amide bonds. The third-order valence-electron chi connectivity index (χ3n) is 5.09. The van der Waals surface area contributed by atoms with Crippen molar-refractivity contribution >= 4 is 16.7 Å². The van der Waals surface area contributed by atoms with Crippen LogP contribution in [0.2, 0.25) is 0 Å². The van der Waals surface area contributed by atoms with E-state index in [9.17, 15) is 0 Å². The minimum absolute atomic E-state index is 0.743. The van der Waals surface area contributed by atoms with Crippen LogP contribution in [0.15, 0.2) is 103 Å². The first-order valence-corrected chi connectivity index (χ1v) is 9.57. The SMILES string of the molecule is Nc1ccc(-c2cnc3ccccc3n2)c(-c2ccccc2)c1-c1ccccc1. The lowest BCUT2D eigenvalue weighted by atomic mass is 9.88. The molecule has 0 spiro atoms. The molecule has 138 valence electrons. The van der Waals surface area contributed by atoms with Crippen molar-refractivity contribution in [2.75, 3.05) is 5.73 Å². The highest BCUT2D eigenvalue weighted by atomic mass is 14.8. The average Bonchev–Trinajstić information content (AvgIpc) is 2.79. The van der Waals surface area contributed by atoms with Crippen LogP contribution < -0.4 is 5.73 Å². The highest BCUT2D eigenvalue weighted by Gasteiger charge is 2.18. The standard InChI is InChI=1S/C26H19N3/c27-21-16-15-20(24-17-28-22-13-7-8-14-23(22)29-24)25(18-9-3-1-4-10-18)26(21)19-11-5-2-6-12-19/h1-17H,27H2. The molecule has 0 bridgehead atoms. The quantitative estimate of drug-likeness (QED) is 0.382. The summed E-state index contributed by atoms with van der Waals surface area (Å²) < 4.78 is 0. The van der Waals surface area contributed by atoms with Crippen molar-refractivity contribution < 1.29 is 0 Å². The zero-order chi connectivity index (χ0) is 19.6. The monoisotopic (exact) mass is 373 g/mol. The molecule has 3 heteroatoms. The summed E-state index contributed by atoms with van der Waals surface area (Å²) in [6.45, 7) is 0. The van der Waals surface area contributed by atoms with Crippen LogP contribution in [-0.2, 0) is 0 Å². The van der Waals surface area contributed by atoms with Crippen molar-refractivity contribution in [1.29, 1.82) is 0 Å². The smallest absolute Gasteiger partial charge is 0.0899 e. The number of rotatable bonds is 3. The molecular weight excluding hydrogens is 354 g/mol. The second-order valence-electron chi connectivity index (χ2n) is 6.93. The van der Waals surface area contributed by atoms with Crippen LogP contribution in [0.4, 0.5) is 5.69 Å². The summed E-state index contributed by atoms with van der Waals surface area (Å²) >= 11 is 0. The van der Waals surface area contributed by atoms with Crippen molar-refractivity contribution in [3.63, 3.8) is 0 Å². The van der Waals surface area contributed by atoms with Crippen LogP contribution in [0, 0.1) is 0 Å². The Kier molecular flexibility index (Phi) is 4.26. The summed E-state index contributed by atoms with van der Waals surface area (Å²) in [5.41, 5.74) is 15.1. The second kappa shape index (κ2) is 7.21. The molecule has 5 rings (SSSR count). The topological polar surface area (TPSA) is 51.8 Å². The van der Waals surface area contributed by atoms with Gasteiger partial charge < -0.3 is 5.73 Å². The van der Waals surface area contributed by atoms with Crippen molar-refractivity contribution in [1.82, 2.24) is 9.97 Å². The number of nitrogens with two attached hydrogens (primary N) is 1. The van der Waals surface area contributed by atoms with Gasteiger partial charge in [-0.15, -0.1) is 0 Å². The minimum Gasteiger partial charge on any atom is -0.398 e. The molecule has 3 nitrogen and oxygen atoms in total. The van der Waals surface area contributed by atoms with Crippen LogP contribution in [0.1, 0.15) is 0 Å². The number of benzene rings is 4. The van der Waals surface area contributed by atoms with E-state index in [0.29, 0.717) is 0 Å². The van der Waals surface area contributed by atoms with Gasteiger partial charge in [0.25, 0.3) is 0 Å². The predicted octanol–water partition coefficient (Wildman–Crippen LogP) is 6.21. The van der Waals surface area contributed by atoms with E-state index in [4.69, 9.17) is 10.7 Å². The summed E-state index contributed by atoms with van der Waals surface area (Å²) in [4.78, 5) is 9.52. The van der Waals surface area contributed by atoms with Gasteiger partial charge in [0.2, 0.25) is 0 Å². The zero-order valence-electron chi connectivity index (χ0n) is 15.8. The van der Waals surface area contributed by atoms with Crippen molar-refractivity contribution in [2.45, 2.75) is 0 Å². The number of aromatic nitrogens is 2. The zero-order valence-corrected chi connectivity index (χ0v) is 15.8. The number of nitrogen functional groups attached to an aromatic ring is 1. The third kappa shape index (κ3) is 3.13. The van der Waals surface area contributed by atoms with Gasteiger partial charge in [-0.05, 0) is 29.3 Å². The van der Waals surface area contributed by atoms with E-state index < -0.39 is 0 Å². The molecule has 0 aliphatic carbocycles. The van der Waals surface area contributed by atoms with Crippen LogP contribution in [0.25, 0.3) is 44.5 Å². The maximum atomic E-state index is 6.49. The Bertz CT molecular complexity index is 1300. The molecule has 0 radical (unpaired) electrons. The number of fused-ring (bicyclic) bond motifs is 1. The molecule has 0 atom stereocenters. The first-order valence-electron chi connectivity index (χ1n) is 9.57. The number of hydrogen-bond donors (Lipinski definition) is 1. The maximum absolute atomic E-state index is 6.49. The third-order valence-corrected chi connectivity index (χ3v) is 5.09. The van der Waals surface area contributed by atoms with Crippen LogP contribution in [-0.4, -0.2) is 9.97 Å². The van der Waals surface area contributed by atoms with Gasteiger partial charge in [0.1, 0.15) is 0 Å². The van der Waals surface area contributed by atoms with Crippen molar-refractivity contribution in [3.05, 3.63) is 103 Å². The molecule has 0 aliphatic rings. The van der Waals surface area contributed by atoms with Crippen molar-refractivity contribution in [2.24, 2.45) is 0 Å². The van der Waals surface area contributed by atoms with Gasteiger partial charge in [0.05, 0.1) is 22.9 Å². The Balaban J connectivity index is 1.84. The van der Waals surface area contributed by atoms with Crippen LogP contribution >= 0.6 is 0 Å². The number of hydrogen-bond acceptors (Lipinski definition) is 3. The summed E-state index contributed by atoms with van der Waals surface area (Å²) in [6.07, 6.45) is 1.84. The molecule has 0 saturated heterocycles. The van der Waals surface area contributed by atoms with Crippen LogP contribution in [0.3, 0.4) is 0 Å². The molecule has 4 aromatic carbocycles. The lowest BCUT2D eigenvalue weighted by Gasteiger charge is -2.18. The first kappa shape index (κ1) is 17.1. The molecule has 0 aliphatic heterocycles. The normalized spacial score (nSPS) is 10.9. The Morgan fingerprint density at radius 1 is 0.552 bits per heavy atom. The summed E-state index contributed by atoms with van der Waals surface area (Å²) in [5, 5.41) is 0. The molecule has 0 saturated carbocycles. The summed E-state index contributed by atoms with van der Waals surface area (Å²) in [6, 6.07) is 32.5. The van der Waals surface area contributed by atoms with E-state index in [2.05, 4.69) is 29.2 Å². The fraction of sp³-hybridized carbons (Fsp3) is 0. The Hall–Kier alpha value is -3.98. The molecule has 2 N–H and O–H groups in total. The fourth-order valence-electron chi connectivity index (χ4n) is 3.74. The summed E-state index contributed by atoms with van der Waals surface area (Å²) in [5.74, 6) is 0. The van der Waals surface area contributed by atoms with Gasteiger partial charge in [-0.1, -0.05) is 78.9 Å². The van der Waals surface area contributed by atoms with E-state index in [1.54, 1.807) is 0 Å². The number of para-hydroxylation sites is 2. The van der Waals surface area contributed by atoms with E-state index >= 15 is 0 Å². The molecule has 5 aromatic rings. The van der Waals surface area contributed by atoms with Gasteiger partial charge >= 0.3 is 0 Å². The second-order valence-corrected chi connectivity index (χ2v) is 6.93. The fourth-order valence-corrected chi connectivity index (χ4v) is 3.74.